The first-order valence-electron chi connectivity index (χ1n) is 4.14. The summed E-state index contributed by atoms with van der Waals surface area (Å²) in [5.74, 6) is 0.875. The Kier molecular flexibility index (Phi) is 4.42. The molecule has 1 aromatic carbocycles. The number of rotatable bonds is 4. The molecular weight excluding hydrogens is 283 g/mol. The Labute approximate surface area is 101 Å². The molecule has 0 aromatic heterocycles. The number of methoxy groups -OCH3 is 2. The van der Waals surface area contributed by atoms with Crippen LogP contribution in [0.5, 0.6) is 11.5 Å². The molecule has 0 heterocycles. The molecule has 82 valence electrons. The van der Waals surface area contributed by atoms with Crippen LogP contribution in [0.15, 0.2) is 18.2 Å². The molecular formula is C10H10BrClO3. The SMILES string of the molecule is COc1ccc(C(=O)C(Cl)Br)cc1OC. The van der Waals surface area contributed by atoms with Crippen molar-refractivity contribution in [1.29, 1.82) is 0 Å². The highest BCUT2D eigenvalue weighted by atomic mass is 79.9. The minimum Gasteiger partial charge on any atom is -0.493 e. The Balaban J connectivity index is 3.08. The molecule has 1 rings (SSSR count). The summed E-state index contributed by atoms with van der Waals surface area (Å²) < 4.78 is 9.40. The third-order valence-corrected chi connectivity index (χ3v) is 2.48. The first-order chi connectivity index (χ1) is 7.10. The Hall–Kier alpha value is -0.740. The minimum absolute atomic E-state index is 0.211. The molecule has 0 spiro atoms. The average Bonchev–Trinajstić information content (AvgIpc) is 2.26. The lowest BCUT2D eigenvalue weighted by Crippen LogP contribution is -2.07. The van der Waals surface area contributed by atoms with E-state index in [-0.39, 0.29) is 5.78 Å². The number of carbonyl (C=O) groups excluding carboxylic acids is 1. The topological polar surface area (TPSA) is 35.5 Å². The number of hydrogen-bond acceptors (Lipinski definition) is 3. The van der Waals surface area contributed by atoms with Crippen LogP contribution in [0, 0.1) is 0 Å². The van der Waals surface area contributed by atoms with Gasteiger partial charge in [0.1, 0.15) is 0 Å². The molecule has 1 unspecified atom stereocenters. The van der Waals surface area contributed by atoms with Crippen LogP contribution < -0.4 is 9.47 Å². The monoisotopic (exact) mass is 292 g/mol. The van der Waals surface area contributed by atoms with Gasteiger partial charge in [-0.15, -0.1) is 11.6 Å². The van der Waals surface area contributed by atoms with Gasteiger partial charge in [0.05, 0.1) is 14.2 Å². The molecule has 1 atom stereocenters. The molecule has 0 fully saturated rings. The quantitative estimate of drug-likeness (QED) is 0.632. The fourth-order valence-corrected chi connectivity index (χ4v) is 1.51. The van der Waals surface area contributed by atoms with Gasteiger partial charge in [-0.25, -0.2) is 0 Å². The number of benzene rings is 1. The van der Waals surface area contributed by atoms with Crippen LogP contribution in [0.1, 0.15) is 10.4 Å². The number of carbonyl (C=O) groups is 1. The molecule has 0 aliphatic carbocycles. The number of Topliss-reactive ketones (excluding diaryl/α,β-unsaturated/α-hetero) is 1. The van der Waals surface area contributed by atoms with Crippen molar-refractivity contribution in [3.8, 4) is 11.5 Å². The van der Waals surface area contributed by atoms with Gasteiger partial charge >= 0.3 is 0 Å². The molecule has 15 heavy (non-hydrogen) atoms. The molecule has 0 aliphatic heterocycles. The lowest BCUT2D eigenvalue weighted by Gasteiger charge is -2.09. The first kappa shape index (κ1) is 12.3. The van der Waals surface area contributed by atoms with Crippen LogP contribution in [0.2, 0.25) is 0 Å². The molecule has 0 saturated heterocycles. The number of ketones is 1. The lowest BCUT2D eigenvalue weighted by atomic mass is 10.1. The minimum atomic E-state index is -0.726. The maximum absolute atomic E-state index is 11.5. The second-order valence-corrected chi connectivity index (χ2v) is 4.61. The van der Waals surface area contributed by atoms with Gasteiger partial charge in [0.25, 0.3) is 0 Å². The second-order valence-electron chi connectivity index (χ2n) is 2.73. The van der Waals surface area contributed by atoms with Crippen molar-refractivity contribution in [2.45, 2.75) is 4.29 Å². The van der Waals surface area contributed by atoms with Crippen molar-refractivity contribution in [3.63, 3.8) is 0 Å². The third kappa shape index (κ3) is 2.86. The molecule has 0 aliphatic rings. The van der Waals surface area contributed by atoms with E-state index in [9.17, 15) is 4.79 Å². The summed E-state index contributed by atoms with van der Waals surface area (Å²) in [6, 6.07) is 4.90. The summed E-state index contributed by atoms with van der Waals surface area (Å²) in [7, 11) is 3.05. The van der Waals surface area contributed by atoms with Crippen LogP contribution in [-0.4, -0.2) is 24.3 Å². The largest absolute Gasteiger partial charge is 0.493 e. The first-order valence-corrected chi connectivity index (χ1v) is 5.49. The van der Waals surface area contributed by atoms with E-state index < -0.39 is 4.29 Å². The van der Waals surface area contributed by atoms with Crippen LogP contribution in [0.3, 0.4) is 0 Å². The van der Waals surface area contributed by atoms with E-state index in [1.807, 2.05) is 0 Å². The average molecular weight is 294 g/mol. The van der Waals surface area contributed by atoms with Crippen LogP contribution in [-0.2, 0) is 0 Å². The molecule has 0 N–H and O–H groups in total. The molecule has 0 bridgehead atoms. The molecule has 0 amide bonds. The second kappa shape index (κ2) is 5.37. The fraction of sp³-hybridized carbons (Fsp3) is 0.300. The van der Waals surface area contributed by atoms with E-state index in [2.05, 4.69) is 15.9 Å². The van der Waals surface area contributed by atoms with Crippen LogP contribution in [0.4, 0.5) is 0 Å². The molecule has 3 nitrogen and oxygen atoms in total. The maximum atomic E-state index is 11.5. The smallest absolute Gasteiger partial charge is 0.191 e. The maximum Gasteiger partial charge on any atom is 0.191 e. The van der Waals surface area contributed by atoms with E-state index in [0.29, 0.717) is 17.1 Å². The summed E-state index contributed by atoms with van der Waals surface area (Å²) >= 11 is 8.63. The van der Waals surface area contributed by atoms with Gasteiger partial charge < -0.3 is 9.47 Å². The van der Waals surface area contributed by atoms with Gasteiger partial charge in [0.2, 0.25) is 0 Å². The van der Waals surface area contributed by atoms with Crippen LogP contribution in [0.25, 0.3) is 0 Å². The van der Waals surface area contributed by atoms with Crippen LogP contribution >= 0.6 is 27.5 Å². The summed E-state index contributed by atoms with van der Waals surface area (Å²) in [5, 5.41) is 0. The van der Waals surface area contributed by atoms with E-state index in [1.54, 1.807) is 18.2 Å². The lowest BCUT2D eigenvalue weighted by molar-refractivity contribution is 0.101. The Morgan fingerprint density at radius 1 is 1.33 bits per heavy atom. The molecule has 0 radical (unpaired) electrons. The Morgan fingerprint density at radius 2 is 1.93 bits per heavy atom. The van der Waals surface area contributed by atoms with Gasteiger partial charge in [0.15, 0.2) is 21.6 Å². The highest BCUT2D eigenvalue weighted by Crippen LogP contribution is 2.28. The van der Waals surface area contributed by atoms with Crippen molar-refractivity contribution >= 4 is 33.3 Å². The Bertz CT molecular complexity index is 366. The van der Waals surface area contributed by atoms with Gasteiger partial charge in [-0.1, -0.05) is 15.9 Å². The van der Waals surface area contributed by atoms with Gasteiger partial charge in [-0.2, -0.15) is 0 Å². The fourth-order valence-electron chi connectivity index (χ4n) is 1.12. The normalized spacial score (nSPS) is 12.0. The van der Waals surface area contributed by atoms with Crippen molar-refractivity contribution in [2.75, 3.05) is 14.2 Å². The predicted octanol–water partition coefficient (Wildman–Crippen LogP) is 2.85. The zero-order chi connectivity index (χ0) is 11.4. The number of hydrogen-bond donors (Lipinski definition) is 0. The summed E-state index contributed by atoms with van der Waals surface area (Å²) in [5.41, 5.74) is 0.476. The van der Waals surface area contributed by atoms with Gasteiger partial charge in [0, 0.05) is 5.56 Å². The van der Waals surface area contributed by atoms with Gasteiger partial charge in [-0.3, -0.25) is 4.79 Å². The molecule has 0 saturated carbocycles. The number of ether oxygens (including phenoxy) is 2. The van der Waals surface area contributed by atoms with Crippen molar-refractivity contribution in [2.24, 2.45) is 0 Å². The zero-order valence-corrected chi connectivity index (χ0v) is 10.6. The van der Waals surface area contributed by atoms with E-state index in [0.717, 1.165) is 0 Å². The van der Waals surface area contributed by atoms with Crippen molar-refractivity contribution in [1.82, 2.24) is 0 Å². The number of alkyl halides is 2. The molecule has 1 aromatic rings. The summed E-state index contributed by atoms with van der Waals surface area (Å²) in [6.07, 6.45) is 0. The van der Waals surface area contributed by atoms with E-state index in [4.69, 9.17) is 21.1 Å². The third-order valence-electron chi connectivity index (χ3n) is 1.87. The zero-order valence-electron chi connectivity index (χ0n) is 8.29. The summed E-state index contributed by atoms with van der Waals surface area (Å²) in [4.78, 5) is 11.5. The standard InChI is InChI=1S/C10H10BrClO3/c1-14-7-4-3-6(5-8(7)15-2)9(13)10(11)12/h3-5,10H,1-2H3. The molecule has 5 heteroatoms. The van der Waals surface area contributed by atoms with Crippen molar-refractivity contribution < 1.29 is 14.3 Å². The van der Waals surface area contributed by atoms with Gasteiger partial charge in [-0.05, 0) is 18.2 Å². The number of halogens is 2. The Morgan fingerprint density at radius 3 is 2.40 bits per heavy atom. The predicted molar refractivity (Wildman–Crippen MR) is 62.4 cm³/mol. The highest BCUT2D eigenvalue weighted by molar-refractivity contribution is 9.10. The van der Waals surface area contributed by atoms with Crippen molar-refractivity contribution in [3.05, 3.63) is 23.8 Å². The van der Waals surface area contributed by atoms with E-state index in [1.165, 1.54) is 14.2 Å². The summed E-state index contributed by atoms with van der Waals surface area (Å²) in [6.45, 7) is 0. The van der Waals surface area contributed by atoms with E-state index >= 15 is 0 Å². The highest BCUT2D eigenvalue weighted by Gasteiger charge is 2.15.